The van der Waals surface area contributed by atoms with E-state index in [1.54, 1.807) is 0 Å². The highest BCUT2D eigenvalue weighted by Gasteiger charge is 2.17. The van der Waals surface area contributed by atoms with E-state index in [4.69, 9.17) is 5.73 Å². The van der Waals surface area contributed by atoms with Crippen molar-refractivity contribution in [2.75, 3.05) is 18.9 Å². The third-order valence-corrected chi connectivity index (χ3v) is 2.44. The summed E-state index contributed by atoms with van der Waals surface area (Å²) in [6.07, 6.45) is 0. The molecule has 0 aliphatic rings. The highest BCUT2D eigenvalue weighted by Crippen LogP contribution is 2.26. The highest BCUT2D eigenvalue weighted by molar-refractivity contribution is 5.95. The van der Waals surface area contributed by atoms with Crippen molar-refractivity contribution < 1.29 is 9.72 Å². The van der Waals surface area contributed by atoms with Crippen LogP contribution in [0.4, 0.5) is 11.4 Å². The Balaban J connectivity index is 3.12. The number of hydrogen-bond acceptors (Lipinski definition) is 5. The minimum atomic E-state index is -0.530. The molecule has 98 valence electrons. The van der Waals surface area contributed by atoms with Gasteiger partial charge in [0.15, 0.2) is 0 Å². The van der Waals surface area contributed by atoms with Gasteiger partial charge in [-0.2, -0.15) is 0 Å². The molecule has 0 aliphatic heterocycles. The van der Waals surface area contributed by atoms with Crippen LogP contribution < -0.4 is 16.4 Å². The van der Waals surface area contributed by atoms with Crippen molar-refractivity contribution in [1.29, 1.82) is 0 Å². The fourth-order valence-corrected chi connectivity index (χ4v) is 1.41. The number of nitrogens with one attached hydrogen (secondary N) is 2. The van der Waals surface area contributed by atoms with Crippen LogP contribution in [0.5, 0.6) is 0 Å². The lowest BCUT2D eigenvalue weighted by Crippen LogP contribution is -2.25. The van der Waals surface area contributed by atoms with E-state index in [0.29, 0.717) is 12.2 Å². The zero-order valence-electron chi connectivity index (χ0n) is 10.3. The topological polar surface area (TPSA) is 110 Å². The Morgan fingerprint density at radius 3 is 2.72 bits per heavy atom. The molecular weight excluding hydrogens is 236 g/mol. The van der Waals surface area contributed by atoms with E-state index < -0.39 is 4.92 Å². The molecule has 0 saturated heterocycles. The van der Waals surface area contributed by atoms with Gasteiger partial charge in [0, 0.05) is 31.3 Å². The number of nitrogens with zero attached hydrogens (tertiary/aromatic N) is 1. The van der Waals surface area contributed by atoms with Gasteiger partial charge in [-0.25, -0.2) is 0 Å². The maximum atomic E-state index is 11.4. The van der Waals surface area contributed by atoms with Crippen LogP contribution in [0.3, 0.4) is 0 Å². The molecule has 1 atom stereocenters. The van der Waals surface area contributed by atoms with Gasteiger partial charge in [0.05, 0.1) is 4.92 Å². The van der Waals surface area contributed by atoms with Crippen LogP contribution in [0.2, 0.25) is 0 Å². The van der Waals surface area contributed by atoms with Crippen molar-refractivity contribution in [3.63, 3.8) is 0 Å². The second kappa shape index (κ2) is 5.97. The second-order valence-corrected chi connectivity index (χ2v) is 3.85. The summed E-state index contributed by atoms with van der Waals surface area (Å²) in [5.41, 5.74) is 5.90. The quantitative estimate of drug-likeness (QED) is 0.528. The molecule has 0 aromatic heterocycles. The summed E-state index contributed by atoms with van der Waals surface area (Å²) in [4.78, 5) is 21.8. The van der Waals surface area contributed by atoms with Gasteiger partial charge in [0.25, 0.3) is 11.6 Å². The van der Waals surface area contributed by atoms with E-state index in [-0.39, 0.29) is 23.2 Å². The summed E-state index contributed by atoms with van der Waals surface area (Å²) in [6.45, 7) is 2.17. The molecule has 1 unspecified atom stereocenters. The second-order valence-electron chi connectivity index (χ2n) is 3.85. The molecule has 7 heteroatoms. The van der Waals surface area contributed by atoms with Crippen molar-refractivity contribution in [3.8, 4) is 0 Å². The first-order valence-corrected chi connectivity index (χ1v) is 5.46. The van der Waals surface area contributed by atoms with E-state index in [0.717, 1.165) is 0 Å². The number of hydrogen-bond donors (Lipinski definition) is 3. The fraction of sp³-hybridized carbons (Fsp3) is 0.364. The molecule has 0 bridgehead atoms. The summed E-state index contributed by atoms with van der Waals surface area (Å²) in [5, 5.41) is 16.3. The lowest BCUT2D eigenvalue weighted by Gasteiger charge is -2.13. The highest BCUT2D eigenvalue weighted by atomic mass is 16.6. The number of nitrogens with two attached hydrogens (primary N) is 1. The number of amides is 1. The van der Waals surface area contributed by atoms with E-state index >= 15 is 0 Å². The Morgan fingerprint density at radius 2 is 2.22 bits per heavy atom. The lowest BCUT2D eigenvalue weighted by molar-refractivity contribution is -0.384. The molecular formula is C11H16N4O3. The molecule has 1 aromatic rings. The van der Waals surface area contributed by atoms with Crippen LogP contribution in [0.15, 0.2) is 18.2 Å². The summed E-state index contributed by atoms with van der Waals surface area (Å²) >= 11 is 0. The first-order valence-electron chi connectivity index (χ1n) is 5.46. The summed E-state index contributed by atoms with van der Waals surface area (Å²) in [5.74, 6) is -0.364. The van der Waals surface area contributed by atoms with Crippen molar-refractivity contribution in [1.82, 2.24) is 5.32 Å². The number of nitro benzene ring substituents is 1. The minimum Gasteiger partial charge on any atom is -0.376 e. The molecule has 7 nitrogen and oxygen atoms in total. The van der Waals surface area contributed by atoms with Gasteiger partial charge in [-0.15, -0.1) is 0 Å². The molecule has 0 fully saturated rings. The van der Waals surface area contributed by atoms with Crippen LogP contribution in [-0.2, 0) is 0 Å². The molecule has 1 rings (SSSR count). The Labute approximate surface area is 105 Å². The number of nitro groups is 1. The van der Waals surface area contributed by atoms with Crippen molar-refractivity contribution in [3.05, 3.63) is 33.9 Å². The average molecular weight is 252 g/mol. The predicted octanol–water partition coefficient (Wildman–Crippen LogP) is 0.714. The molecule has 0 saturated carbocycles. The first-order chi connectivity index (χ1) is 8.49. The van der Waals surface area contributed by atoms with Gasteiger partial charge in [0.1, 0.15) is 5.69 Å². The lowest BCUT2D eigenvalue weighted by atomic mass is 10.1. The van der Waals surface area contributed by atoms with Crippen molar-refractivity contribution in [2.45, 2.75) is 13.0 Å². The standard InChI is InChI=1S/C11H16N4O3/c1-7(6-12)14-9-4-3-8(11(16)13-2)5-10(9)15(17)18/h3-5,7,14H,6,12H2,1-2H3,(H,13,16). The van der Waals surface area contributed by atoms with E-state index in [2.05, 4.69) is 10.6 Å². The maximum absolute atomic E-state index is 11.4. The molecule has 0 aliphatic carbocycles. The summed E-state index contributed by atoms with van der Waals surface area (Å²) in [7, 11) is 1.47. The molecule has 0 radical (unpaired) electrons. The normalized spacial score (nSPS) is 11.7. The smallest absolute Gasteiger partial charge is 0.293 e. The largest absolute Gasteiger partial charge is 0.376 e. The molecule has 1 aromatic carbocycles. The molecule has 1 amide bonds. The Morgan fingerprint density at radius 1 is 1.56 bits per heavy atom. The zero-order chi connectivity index (χ0) is 13.7. The number of anilines is 1. The molecule has 0 heterocycles. The van der Waals surface area contributed by atoms with Crippen LogP contribution in [-0.4, -0.2) is 30.5 Å². The SMILES string of the molecule is CNC(=O)c1ccc(NC(C)CN)c([N+](=O)[O-])c1. The van der Waals surface area contributed by atoms with Crippen LogP contribution in [0.1, 0.15) is 17.3 Å². The molecule has 4 N–H and O–H groups in total. The van der Waals surface area contributed by atoms with Gasteiger partial charge in [-0.3, -0.25) is 14.9 Å². The first kappa shape index (κ1) is 13.9. The number of rotatable bonds is 5. The molecule has 18 heavy (non-hydrogen) atoms. The Bertz CT molecular complexity index is 462. The Hall–Kier alpha value is -2.15. The van der Waals surface area contributed by atoms with Crippen molar-refractivity contribution >= 4 is 17.3 Å². The van der Waals surface area contributed by atoms with Crippen LogP contribution >= 0.6 is 0 Å². The van der Waals surface area contributed by atoms with Crippen LogP contribution in [0.25, 0.3) is 0 Å². The van der Waals surface area contributed by atoms with Gasteiger partial charge in [-0.05, 0) is 19.1 Å². The van der Waals surface area contributed by atoms with E-state index in [9.17, 15) is 14.9 Å². The van der Waals surface area contributed by atoms with Crippen LogP contribution in [0, 0.1) is 10.1 Å². The maximum Gasteiger partial charge on any atom is 0.293 e. The van der Waals surface area contributed by atoms with Crippen molar-refractivity contribution in [2.24, 2.45) is 5.73 Å². The third kappa shape index (κ3) is 3.17. The fourth-order valence-electron chi connectivity index (χ4n) is 1.41. The molecule has 0 spiro atoms. The predicted molar refractivity (Wildman–Crippen MR) is 68.6 cm³/mol. The van der Waals surface area contributed by atoms with Gasteiger partial charge in [-0.1, -0.05) is 0 Å². The number of carbonyl (C=O) groups is 1. The number of carbonyl (C=O) groups excluding carboxylic acids is 1. The average Bonchev–Trinajstić information content (AvgIpc) is 2.37. The monoisotopic (exact) mass is 252 g/mol. The number of benzene rings is 1. The zero-order valence-corrected chi connectivity index (χ0v) is 10.3. The minimum absolute atomic E-state index is 0.0884. The van der Waals surface area contributed by atoms with E-state index in [1.165, 1.54) is 25.2 Å². The van der Waals surface area contributed by atoms with Gasteiger partial charge in [0.2, 0.25) is 0 Å². The van der Waals surface area contributed by atoms with Gasteiger partial charge < -0.3 is 16.4 Å². The summed E-state index contributed by atoms with van der Waals surface area (Å²) < 4.78 is 0. The summed E-state index contributed by atoms with van der Waals surface area (Å²) in [6, 6.07) is 4.19. The van der Waals surface area contributed by atoms with E-state index in [1.807, 2.05) is 6.92 Å². The Kier molecular flexibility index (Phi) is 4.61. The third-order valence-electron chi connectivity index (χ3n) is 2.44. The van der Waals surface area contributed by atoms with Gasteiger partial charge >= 0.3 is 0 Å².